The van der Waals surface area contributed by atoms with E-state index in [1.807, 2.05) is 84.9 Å². The Morgan fingerprint density at radius 1 is 0.590 bits per heavy atom. The van der Waals surface area contributed by atoms with Crippen molar-refractivity contribution >= 4 is 38.3 Å². The molecule has 0 radical (unpaired) electrons. The number of allylic oxidation sites excluding steroid dienone is 4. The molecule has 0 amide bonds. The molecule has 1 atom stereocenters. The van der Waals surface area contributed by atoms with Gasteiger partial charge < -0.3 is 45.3 Å². The van der Waals surface area contributed by atoms with Crippen LogP contribution in [-0.2, 0) is 6.42 Å². The molecule has 61 heavy (non-hydrogen) atoms. The molecule has 1 heterocycles. The molecule has 1 unspecified atom stereocenters. The number of phenolic OH excluding ortho intramolecular Hbond substituents is 7. The quantitative estimate of drug-likeness (QED) is 0.0337. The largest absolute Gasteiger partial charge is 0.508 e. The molecule has 0 saturated carbocycles. The summed E-state index contributed by atoms with van der Waals surface area (Å²) < 4.78 is 6.54. The third-order valence-corrected chi connectivity index (χ3v) is 12.1. The van der Waals surface area contributed by atoms with Gasteiger partial charge in [-0.3, -0.25) is 0 Å². The third-order valence-electron chi connectivity index (χ3n) is 12.1. The van der Waals surface area contributed by atoms with E-state index in [1.54, 1.807) is 26.0 Å². The van der Waals surface area contributed by atoms with Gasteiger partial charge in [-0.2, -0.15) is 0 Å². The number of hydrogen-bond acceptors (Lipinski definition) is 9. The first kappa shape index (κ1) is 38.7. The van der Waals surface area contributed by atoms with Crippen molar-refractivity contribution in [2.24, 2.45) is 5.92 Å². The number of furan rings is 1. The summed E-state index contributed by atoms with van der Waals surface area (Å²) in [6.45, 7) is 9.59. The van der Waals surface area contributed by atoms with Gasteiger partial charge in [0.2, 0.25) is 17.2 Å². The van der Waals surface area contributed by atoms with E-state index in [9.17, 15) is 40.9 Å². The second-order valence-electron chi connectivity index (χ2n) is 15.8. The minimum Gasteiger partial charge on any atom is -0.508 e. The Labute approximate surface area is 350 Å². The lowest BCUT2D eigenvalue weighted by atomic mass is 9.85. The summed E-state index contributed by atoms with van der Waals surface area (Å²) in [5.41, 5.74) is 7.12. The maximum absolute atomic E-state index is 11.8. The Morgan fingerprint density at radius 3 is 1.61 bits per heavy atom. The van der Waals surface area contributed by atoms with Crippen molar-refractivity contribution in [2.75, 3.05) is 0 Å². The van der Waals surface area contributed by atoms with Crippen molar-refractivity contribution in [3.05, 3.63) is 144 Å². The minimum absolute atomic E-state index is 0.0468. The van der Waals surface area contributed by atoms with Crippen molar-refractivity contribution < 1.29 is 45.3 Å². The average molecular weight is 811 g/mol. The van der Waals surface area contributed by atoms with Crippen LogP contribution in [0, 0.1) is 19.8 Å². The van der Waals surface area contributed by atoms with Crippen LogP contribution >= 0.6 is 0 Å². The van der Waals surface area contributed by atoms with Crippen LogP contribution in [0.25, 0.3) is 83.0 Å². The maximum atomic E-state index is 11.8. The van der Waals surface area contributed by atoms with Crippen LogP contribution in [-0.4, -0.2) is 40.9 Å². The van der Waals surface area contributed by atoms with Crippen LogP contribution in [0.15, 0.2) is 126 Å². The van der Waals surface area contributed by atoms with Crippen LogP contribution in [0.5, 0.6) is 40.2 Å². The number of hydrogen-bond donors (Lipinski definition) is 8. The van der Waals surface area contributed by atoms with Crippen LogP contribution < -0.4 is 0 Å². The lowest BCUT2D eigenvalue weighted by Gasteiger charge is -2.19. The van der Waals surface area contributed by atoms with E-state index in [0.717, 1.165) is 55.8 Å². The van der Waals surface area contributed by atoms with E-state index in [4.69, 9.17) is 4.42 Å². The Hall–Kier alpha value is -7.78. The number of phenols is 7. The molecular weight excluding hydrogens is 769 g/mol. The summed E-state index contributed by atoms with van der Waals surface area (Å²) in [7, 11) is 0. The molecule has 0 fully saturated rings. The fraction of sp³-hybridized carbons (Fsp3) is 0.115. The molecule has 1 aliphatic rings. The molecule has 9 rings (SSSR count). The van der Waals surface area contributed by atoms with Gasteiger partial charge >= 0.3 is 0 Å². The fourth-order valence-corrected chi connectivity index (χ4v) is 8.78. The highest BCUT2D eigenvalue weighted by atomic mass is 16.4. The van der Waals surface area contributed by atoms with Gasteiger partial charge in [0.05, 0.1) is 16.7 Å². The zero-order chi connectivity index (χ0) is 43.0. The zero-order valence-corrected chi connectivity index (χ0v) is 33.6. The van der Waals surface area contributed by atoms with E-state index in [0.29, 0.717) is 51.1 Å². The van der Waals surface area contributed by atoms with E-state index in [2.05, 4.69) is 25.7 Å². The van der Waals surface area contributed by atoms with Gasteiger partial charge in [-0.05, 0) is 104 Å². The average Bonchev–Trinajstić information content (AvgIpc) is 3.65. The van der Waals surface area contributed by atoms with Gasteiger partial charge in [0.25, 0.3) is 0 Å². The number of aliphatic hydroxyl groups excluding tert-OH is 1. The van der Waals surface area contributed by atoms with Gasteiger partial charge in [-0.25, -0.2) is 0 Å². The first-order valence-corrected chi connectivity index (χ1v) is 19.9. The molecule has 1 aliphatic carbocycles. The number of benzene rings is 7. The number of fused-ring (bicyclic) bond motifs is 3. The third kappa shape index (κ3) is 6.08. The van der Waals surface area contributed by atoms with Crippen molar-refractivity contribution in [1.29, 1.82) is 0 Å². The highest BCUT2D eigenvalue weighted by molar-refractivity contribution is 6.22. The van der Waals surface area contributed by atoms with Crippen LogP contribution in [0.2, 0.25) is 0 Å². The molecular formula is C52H42O9. The fourth-order valence-electron chi connectivity index (χ4n) is 8.78. The molecule has 9 heteroatoms. The van der Waals surface area contributed by atoms with E-state index < -0.39 is 28.7 Å². The summed E-state index contributed by atoms with van der Waals surface area (Å²) in [5.74, 6) is -4.12. The zero-order valence-electron chi connectivity index (χ0n) is 33.6. The van der Waals surface area contributed by atoms with Crippen molar-refractivity contribution in [3.8, 4) is 85.0 Å². The first-order valence-electron chi connectivity index (χ1n) is 19.9. The smallest absolute Gasteiger partial charge is 0.208 e. The molecule has 8 N–H and O–H groups in total. The molecule has 9 nitrogen and oxygen atoms in total. The van der Waals surface area contributed by atoms with Crippen molar-refractivity contribution in [3.63, 3.8) is 0 Å². The normalized spacial score (nSPS) is 14.0. The Kier molecular flexibility index (Phi) is 9.20. The molecule has 0 bridgehead atoms. The maximum Gasteiger partial charge on any atom is 0.208 e. The number of aliphatic hydroxyl groups is 1. The van der Waals surface area contributed by atoms with Crippen molar-refractivity contribution in [2.45, 2.75) is 33.6 Å². The van der Waals surface area contributed by atoms with Crippen LogP contribution in [0.3, 0.4) is 0 Å². The van der Waals surface area contributed by atoms with Crippen LogP contribution in [0.1, 0.15) is 35.6 Å². The molecule has 0 spiro atoms. The van der Waals surface area contributed by atoms with Crippen molar-refractivity contribution in [1.82, 2.24) is 0 Å². The highest BCUT2D eigenvalue weighted by Crippen LogP contribution is 2.55. The topological polar surface area (TPSA) is 175 Å². The summed E-state index contributed by atoms with van der Waals surface area (Å²) in [6, 6.07) is 28.7. The molecule has 0 saturated heterocycles. The number of rotatable bonds is 7. The lowest BCUT2D eigenvalue weighted by molar-refractivity contribution is 0.330. The van der Waals surface area contributed by atoms with E-state index in [1.165, 1.54) is 0 Å². The van der Waals surface area contributed by atoms with E-state index in [-0.39, 0.29) is 34.1 Å². The molecule has 7 aromatic carbocycles. The van der Waals surface area contributed by atoms with Gasteiger partial charge in [0.15, 0.2) is 17.3 Å². The predicted molar refractivity (Wildman–Crippen MR) is 240 cm³/mol. The molecule has 0 aliphatic heterocycles. The molecule has 304 valence electrons. The predicted octanol–water partition coefficient (Wildman–Crippen LogP) is 12.6. The number of aromatic hydroxyl groups is 7. The van der Waals surface area contributed by atoms with Gasteiger partial charge in [-0.15, -0.1) is 0 Å². The van der Waals surface area contributed by atoms with Gasteiger partial charge in [-0.1, -0.05) is 111 Å². The summed E-state index contributed by atoms with van der Waals surface area (Å²) in [4.78, 5) is 0. The highest BCUT2D eigenvalue weighted by Gasteiger charge is 2.29. The Balaban J connectivity index is 1.23. The summed E-state index contributed by atoms with van der Waals surface area (Å²) in [5, 5.41) is 90.5. The standard InChI is InChI=1S/C52H42O9/c1-25-13-15-29(16-14-25)23-38-44(46(55)27(3)26(2)45(38)54)52-40(28(4)53)37-24-32(21-22-39(37)61-52)42-35-11-7-5-9-33(35)41(34-10-6-8-12-36(34)42)30-17-19-31(20-18-30)43-47(56)49(58)51(60)50(59)48(43)57/h5-13,15-22,24-25,53-60H,4,14,23H2,1-3H3. The Morgan fingerprint density at radius 2 is 1.08 bits per heavy atom. The summed E-state index contributed by atoms with van der Waals surface area (Å²) in [6.07, 6.45) is 7.51. The molecule has 8 aromatic rings. The summed E-state index contributed by atoms with van der Waals surface area (Å²) >= 11 is 0. The SMILES string of the molecule is C=C(O)c1c(-c2c(O)c(C)c(C)c(O)c2CC2=CCC(C)C=C2)oc2ccc(-c3c4ccccc4c(-c4ccc(-c5c(O)c(O)c(O)c(O)c5O)cc4)c4ccccc34)cc12. The van der Waals surface area contributed by atoms with Gasteiger partial charge in [0.1, 0.15) is 22.8 Å². The Bertz CT molecular complexity index is 3130. The van der Waals surface area contributed by atoms with E-state index >= 15 is 0 Å². The minimum atomic E-state index is -1.02. The monoisotopic (exact) mass is 810 g/mol. The second kappa shape index (κ2) is 14.5. The lowest BCUT2D eigenvalue weighted by Crippen LogP contribution is -2.02. The van der Waals surface area contributed by atoms with Crippen LogP contribution in [0.4, 0.5) is 0 Å². The second-order valence-corrected chi connectivity index (χ2v) is 15.8. The molecule has 1 aromatic heterocycles. The van der Waals surface area contributed by atoms with Gasteiger partial charge in [0, 0.05) is 17.4 Å². The first-order chi connectivity index (χ1) is 29.3.